The number of rotatable bonds is 6. The first-order valence-corrected chi connectivity index (χ1v) is 28.7. The van der Waals surface area contributed by atoms with Crippen LogP contribution in [-0.4, -0.2) is 15.8 Å². The molecule has 0 saturated carbocycles. The lowest BCUT2D eigenvalue weighted by Crippen LogP contribution is -2.64. The lowest BCUT2D eigenvalue weighted by atomic mass is 9.30. The SMILES string of the molecule is CC(C)(C)c1ccc(-n2c3ccc(C(C)(C)C)cc3c3cc4c(cc32)N(c2ccccc2)c2cc(C(C)(C)C)cc3c2B4c2ccc(N(c4ccccc4)c4ccc5c6ccccc6n(-c6ccccc6)c5c4)cc2C3(C)C)cc1. The molecule has 5 heteroatoms. The van der Waals surface area contributed by atoms with E-state index in [1.54, 1.807) is 0 Å². The van der Waals surface area contributed by atoms with Gasteiger partial charge in [-0.1, -0.05) is 197 Å². The summed E-state index contributed by atoms with van der Waals surface area (Å²) in [4.78, 5) is 5.07. The van der Waals surface area contributed by atoms with E-state index in [1.165, 1.54) is 105 Å². The summed E-state index contributed by atoms with van der Waals surface area (Å²) < 4.78 is 4.95. The highest BCUT2D eigenvalue weighted by atomic mass is 15.2. The minimum absolute atomic E-state index is 0.0286. The monoisotopic (exact) mass is 1040 g/mol. The summed E-state index contributed by atoms with van der Waals surface area (Å²) in [5.41, 5.74) is 24.4. The summed E-state index contributed by atoms with van der Waals surface area (Å²) in [6, 6.07) is 82.9. The molecule has 4 heterocycles. The fraction of sp³-hybridized carbons (Fsp3) is 0.200. The zero-order valence-electron chi connectivity index (χ0n) is 48.2. The molecule has 14 rings (SSSR count). The average molecular weight is 1040 g/mol. The molecule has 2 aliphatic heterocycles. The minimum atomic E-state index is -0.375. The lowest BCUT2D eigenvalue weighted by molar-refractivity contribution is 0.583. The maximum Gasteiger partial charge on any atom is 0.247 e. The molecule has 0 bridgehead atoms. The third-order valence-electron chi connectivity index (χ3n) is 17.8. The molecule has 0 fully saturated rings. The van der Waals surface area contributed by atoms with Gasteiger partial charge < -0.3 is 18.9 Å². The number of aromatic nitrogens is 2. The Labute approximate surface area is 472 Å². The van der Waals surface area contributed by atoms with Crippen molar-refractivity contribution in [3.63, 3.8) is 0 Å². The van der Waals surface area contributed by atoms with E-state index in [1.807, 2.05) is 0 Å². The van der Waals surface area contributed by atoms with Gasteiger partial charge in [0.1, 0.15) is 0 Å². The number of hydrogen-bond acceptors (Lipinski definition) is 2. The molecule has 2 aliphatic rings. The number of para-hydroxylation sites is 4. The van der Waals surface area contributed by atoms with Crippen molar-refractivity contribution in [2.24, 2.45) is 0 Å². The summed E-state index contributed by atoms with van der Waals surface area (Å²) in [5, 5.41) is 5.04. The number of nitrogens with zero attached hydrogens (tertiary/aromatic N) is 4. The molecular weight excluding hydrogens is 968 g/mol. The molecule has 0 N–H and O–H groups in total. The maximum atomic E-state index is 2.60. The van der Waals surface area contributed by atoms with Gasteiger partial charge in [-0.05, 0) is 158 Å². The van der Waals surface area contributed by atoms with Crippen LogP contribution in [0.15, 0.2) is 218 Å². The highest BCUT2D eigenvalue weighted by Crippen LogP contribution is 2.49. The van der Waals surface area contributed by atoms with Crippen LogP contribution in [-0.2, 0) is 21.7 Å². The number of hydrogen-bond donors (Lipinski definition) is 0. The Morgan fingerprint density at radius 3 is 1.56 bits per heavy atom. The van der Waals surface area contributed by atoms with Crippen molar-refractivity contribution >= 4 is 101 Å². The van der Waals surface area contributed by atoms with E-state index in [4.69, 9.17) is 0 Å². The van der Waals surface area contributed by atoms with Gasteiger partial charge in [0.15, 0.2) is 0 Å². The molecule has 392 valence electrons. The first kappa shape index (κ1) is 49.7. The summed E-state index contributed by atoms with van der Waals surface area (Å²) in [5.74, 6) is 0. The zero-order chi connectivity index (χ0) is 55.2. The van der Waals surface area contributed by atoms with Crippen LogP contribution >= 0.6 is 0 Å². The quantitative estimate of drug-likeness (QED) is 0.154. The first-order valence-electron chi connectivity index (χ1n) is 28.7. The van der Waals surface area contributed by atoms with Crippen LogP contribution < -0.4 is 26.2 Å². The van der Waals surface area contributed by atoms with Crippen LogP contribution in [0.3, 0.4) is 0 Å². The molecule has 12 aromatic rings. The third-order valence-corrected chi connectivity index (χ3v) is 17.8. The van der Waals surface area contributed by atoms with Crippen molar-refractivity contribution in [1.82, 2.24) is 9.13 Å². The molecule has 0 unspecified atom stereocenters. The van der Waals surface area contributed by atoms with Crippen LogP contribution in [0.25, 0.3) is 55.0 Å². The van der Waals surface area contributed by atoms with Gasteiger partial charge in [-0.15, -0.1) is 0 Å². The van der Waals surface area contributed by atoms with Crippen LogP contribution in [0.2, 0.25) is 0 Å². The molecule has 80 heavy (non-hydrogen) atoms. The van der Waals surface area contributed by atoms with E-state index >= 15 is 0 Å². The largest absolute Gasteiger partial charge is 0.311 e. The summed E-state index contributed by atoms with van der Waals surface area (Å²) in [7, 11) is 0. The number of fused-ring (bicyclic) bond motifs is 10. The fourth-order valence-electron chi connectivity index (χ4n) is 13.5. The van der Waals surface area contributed by atoms with E-state index < -0.39 is 0 Å². The second kappa shape index (κ2) is 17.7. The van der Waals surface area contributed by atoms with E-state index in [2.05, 4.69) is 313 Å². The Bertz CT molecular complexity index is 4430. The smallest absolute Gasteiger partial charge is 0.247 e. The van der Waals surface area contributed by atoms with Gasteiger partial charge in [0.2, 0.25) is 6.71 Å². The number of anilines is 6. The molecule has 0 amide bonds. The predicted molar refractivity (Wildman–Crippen MR) is 344 cm³/mol. The van der Waals surface area contributed by atoms with Crippen molar-refractivity contribution in [2.75, 3.05) is 9.80 Å². The molecule has 0 atom stereocenters. The molecule has 2 aromatic heterocycles. The molecule has 10 aromatic carbocycles. The zero-order valence-corrected chi connectivity index (χ0v) is 48.2. The Morgan fingerprint density at radius 1 is 0.350 bits per heavy atom. The molecule has 0 radical (unpaired) electrons. The molecular formula is C75H69BN4. The highest BCUT2D eigenvalue weighted by molar-refractivity contribution is 6.99. The van der Waals surface area contributed by atoms with E-state index in [0.717, 1.165) is 28.4 Å². The Balaban J connectivity index is 1.04. The Kier molecular flexibility index (Phi) is 11.0. The van der Waals surface area contributed by atoms with Crippen molar-refractivity contribution in [3.05, 3.63) is 246 Å². The van der Waals surface area contributed by atoms with Crippen LogP contribution in [0, 0.1) is 0 Å². The van der Waals surface area contributed by atoms with Crippen molar-refractivity contribution in [3.8, 4) is 11.4 Å². The summed E-state index contributed by atoms with van der Waals surface area (Å²) >= 11 is 0. The van der Waals surface area contributed by atoms with Gasteiger partial charge in [-0.2, -0.15) is 0 Å². The molecule has 0 aliphatic carbocycles. The lowest BCUT2D eigenvalue weighted by Gasteiger charge is -2.46. The molecule has 0 saturated heterocycles. The molecule has 4 nitrogen and oxygen atoms in total. The van der Waals surface area contributed by atoms with Gasteiger partial charge in [0.05, 0.1) is 22.1 Å². The van der Waals surface area contributed by atoms with Crippen LogP contribution in [0.5, 0.6) is 0 Å². The normalized spacial score (nSPS) is 14.0. The van der Waals surface area contributed by atoms with Crippen LogP contribution in [0.4, 0.5) is 34.1 Å². The number of benzene rings is 10. The van der Waals surface area contributed by atoms with Gasteiger partial charge in [0, 0.05) is 72.5 Å². The van der Waals surface area contributed by atoms with Crippen molar-refractivity contribution in [1.29, 1.82) is 0 Å². The maximum absolute atomic E-state index is 2.60. The second-order valence-electron chi connectivity index (χ2n) is 26.3. The first-order chi connectivity index (χ1) is 38.3. The Morgan fingerprint density at radius 2 is 0.887 bits per heavy atom. The van der Waals surface area contributed by atoms with Crippen molar-refractivity contribution in [2.45, 2.75) is 97.8 Å². The van der Waals surface area contributed by atoms with Gasteiger partial charge in [0.25, 0.3) is 0 Å². The third kappa shape index (κ3) is 7.71. The van der Waals surface area contributed by atoms with Crippen LogP contribution in [0.1, 0.15) is 104 Å². The summed E-state index contributed by atoms with van der Waals surface area (Å²) in [6.07, 6.45) is 0. The standard InChI is InChI=1S/C75H69BN4/c1-72(2,3)48-31-34-54(35-32-48)79-66-40-33-49(73(4,5)6)41-59(66)60-46-64-69(47-68(60)79)80(53-27-19-14-20-28-53)70-43-50(74(7,8)9)42-62-71(70)76(64)63-39-37-55(44-61(63)75(62,10)11)77(51-23-15-12-16-24-51)56-36-38-58-57-29-21-22-30-65(57)78(67(58)45-56)52-25-17-13-18-26-52/h12-47H,1-11H3. The predicted octanol–water partition coefficient (Wildman–Crippen LogP) is 18.2. The topological polar surface area (TPSA) is 16.3 Å². The fourth-order valence-corrected chi connectivity index (χ4v) is 13.5. The van der Waals surface area contributed by atoms with Gasteiger partial charge in [-0.3, -0.25) is 0 Å². The van der Waals surface area contributed by atoms with E-state index in [9.17, 15) is 0 Å². The minimum Gasteiger partial charge on any atom is -0.311 e. The van der Waals surface area contributed by atoms with Gasteiger partial charge >= 0.3 is 0 Å². The second-order valence-corrected chi connectivity index (χ2v) is 26.3. The Hall–Kier alpha value is -8.54. The van der Waals surface area contributed by atoms with Crippen molar-refractivity contribution < 1.29 is 0 Å². The van der Waals surface area contributed by atoms with E-state index in [0.29, 0.717) is 0 Å². The average Bonchev–Trinajstić information content (AvgIpc) is 4.11. The molecule has 0 spiro atoms. The van der Waals surface area contributed by atoms with E-state index in [-0.39, 0.29) is 28.4 Å². The van der Waals surface area contributed by atoms with Gasteiger partial charge in [-0.25, -0.2) is 0 Å². The summed E-state index contributed by atoms with van der Waals surface area (Å²) in [6.45, 7) is 25.9. The highest BCUT2D eigenvalue weighted by Gasteiger charge is 2.47.